The van der Waals surface area contributed by atoms with Crippen LogP contribution >= 0.6 is 23.2 Å². The Bertz CT molecular complexity index is 1370. The number of hydrogen-bond donors (Lipinski definition) is 0. The third kappa shape index (κ3) is 6.68. The topological polar surface area (TPSA) is 18.5 Å². The van der Waals surface area contributed by atoms with E-state index in [0.29, 0.717) is 5.56 Å². The molecule has 3 aromatic rings. The number of ether oxygens (including phenoxy) is 2. The molecule has 0 heterocycles. The first-order chi connectivity index (χ1) is 20.0. The Balaban J connectivity index is 2.62. The molecule has 0 N–H and O–H groups in total. The first-order valence-electron chi connectivity index (χ1n) is 14.3. The van der Waals surface area contributed by atoms with Gasteiger partial charge in [0.25, 0.3) is 0 Å². The molecule has 0 saturated heterocycles. The van der Waals surface area contributed by atoms with Crippen molar-refractivity contribution in [3.05, 3.63) is 63.4 Å². The second kappa shape index (κ2) is 15.3. The number of methoxy groups -OCH3 is 2. The predicted molar refractivity (Wildman–Crippen MR) is 165 cm³/mol. The summed E-state index contributed by atoms with van der Waals surface area (Å²) >= 11 is 9.85. The van der Waals surface area contributed by atoms with Crippen LogP contribution < -0.4 is 13.1 Å². The van der Waals surface area contributed by atoms with Gasteiger partial charge in [0, 0.05) is 0 Å². The van der Waals surface area contributed by atoms with E-state index in [0.717, 1.165) is 55.4 Å². The quantitative estimate of drug-likeness (QED) is 0.0710. The summed E-state index contributed by atoms with van der Waals surface area (Å²) in [7, 11) is 2.77. The fourth-order valence-corrected chi connectivity index (χ4v) is 23.0. The van der Waals surface area contributed by atoms with E-state index in [1.165, 1.54) is 26.4 Å². The van der Waals surface area contributed by atoms with Crippen LogP contribution in [0.2, 0.25) is 23.4 Å². The molecule has 0 saturated carbocycles. The fourth-order valence-electron chi connectivity index (χ4n) is 5.83. The Hall–Kier alpha value is -1.71. The van der Waals surface area contributed by atoms with Crippen molar-refractivity contribution in [3.63, 3.8) is 0 Å². The van der Waals surface area contributed by atoms with Crippen molar-refractivity contribution in [3.8, 4) is 33.8 Å². The van der Waals surface area contributed by atoms with Crippen molar-refractivity contribution in [1.29, 1.82) is 0 Å². The molecule has 0 aliphatic heterocycles. The summed E-state index contributed by atoms with van der Waals surface area (Å²) in [6.07, 6.45) is 6.00. The van der Waals surface area contributed by atoms with Crippen molar-refractivity contribution >= 4 is 45.2 Å². The summed E-state index contributed by atoms with van der Waals surface area (Å²) in [5, 5.41) is 0.341. The van der Waals surface area contributed by atoms with Crippen LogP contribution in [0.4, 0.5) is 22.0 Å². The van der Waals surface area contributed by atoms with Gasteiger partial charge in [0.1, 0.15) is 0 Å². The van der Waals surface area contributed by atoms with E-state index in [1.807, 2.05) is 6.07 Å². The Morgan fingerprint density at radius 2 is 0.976 bits per heavy atom. The molecule has 0 atom stereocenters. The molecule has 3 rings (SSSR count). The molecular weight excluding hydrogens is 701 g/mol. The summed E-state index contributed by atoms with van der Waals surface area (Å²) in [6, 6.07) is 6.31. The molecule has 0 fully saturated rings. The van der Waals surface area contributed by atoms with Gasteiger partial charge < -0.3 is 0 Å². The second-order valence-corrected chi connectivity index (χ2v) is 24.5. The van der Waals surface area contributed by atoms with E-state index < -0.39 is 53.0 Å². The Morgan fingerprint density at radius 1 is 0.571 bits per heavy atom. The molecule has 0 amide bonds. The van der Waals surface area contributed by atoms with E-state index in [1.54, 1.807) is 6.07 Å². The van der Waals surface area contributed by atoms with Crippen molar-refractivity contribution in [2.75, 3.05) is 14.2 Å². The predicted octanol–water partition coefficient (Wildman–Crippen LogP) is 11.1. The number of benzene rings is 3. The average Bonchev–Trinajstić information content (AvgIpc) is 2.99. The normalized spacial score (nSPS) is 11.7. The minimum absolute atomic E-state index is 0.0292. The number of unbranched alkanes of at least 4 members (excludes halogenated alkanes) is 3. The van der Waals surface area contributed by atoms with E-state index >= 15 is 8.78 Å². The van der Waals surface area contributed by atoms with Gasteiger partial charge in [-0.15, -0.1) is 0 Å². The minimum atomic E-state index is -3.42. The zero-order chi connectivity index (χ0) is 31.2. The Kier molecular flexibility index (Phi) is 12.7. The first-order valence-corrected chi connectivity index (χ1v) is 22.5. The first kappa shape index (κ1) is 34.8. The SMILES string of the molecule is CCC[CH2][Sn]([CH2]CCC)([CH2]CCC)[c]1ccc(Cl)c(OC)c1-c1c(-c2c(F)c(F)c(F)c(F)c2F)ccc(Cl)c1OC. The monoisotopic (exact) mass is 738 g/mol. The third-order valence-corrected chi connectivity index (χ3v) is 24.2. The van der Waals surface area contributed by atoms with Crippen LogP contribution in [0.25, 0.3) is 22.3 Å². The van der Waals surface area contributed by atoms with Crippen LogP contribution in [0, 0.1) is 29.1 Å². The van der Waals surface area contributed by atoms with Gasteiger partial charge in [-0.25, -0.2) is 0 Å². The summed E-state index contributed by atoms with van der Waals surface area (Å²) in [5.41, 5.74) is -0.788. The molecule has 0 unspecified atom stereocenters. The molecule has 230 valence electrons. The number of hydrogen-bond acceptors (Lipinski definition) is 2. The summed E-state index contributed by atoms with van der Waals surface area (Å²) < 4.78 is 89.5. The molecular formula is C32H37Cl2F5O2Sn. The van der Waals surface area contributed by atoms with E-state index in [2.05, 4.69) is 20.8 Å². The fraction of sp³-hybridized carbons (Fsp3) is 0.438. The maximum absolute atomic E-state index is 15.4. The van der Waals surface area contributed by atoms with Gasteiger partial charge in [0.15, 0.2) is 0 Å². The molecule has 3 aromatic carbocycles. The molecule has 0 radical (unpaired) electrons. The van der Waals surface area contributed by atoms with Crippen molar-refractivity contribution in [2.45, 2.75) is 72.6 Å². The standard InChI is InChI=1S/C20H10Cl2F5O2.3C4H9.Sn/c1-28-19-9(4-3-5-10(19)21)12-8(6-7-11(22)20(12)29-2)13-14(23)16(25)18(27)17(26)15(13)24;3*1-3-4-2;/h3,5-7H,1-2H3;3*1,3-4H2,2H3;. The van der Waals surface area contributed by atoms with Crippen molar-refractivity contribution in [2.24, 2.45) is 0 Å². The molecule has 0 spiro atoms. The summed E-state index contributed by atoms with van der Waals surface area (Å²) in [6.45, 7) is 6.42. The summed E-state index contributed by atoms with van der Waals surface area (Å²) in [5.74, 6) is -9.93. The van der Waals surface area contributed by atoms with Crippen LogP contribution in [-0.4, -0.2) is 32.6 Å². The molecule has 0 aliphatic rings. The van der Waals surface area contributed by atoms with Crippen LogP contribution in [0.1, 0.15) is 59.3 Å². The molecule has 0 bridgehead atoms. The van der Waals surface area contributed by atoms with E-state index in [-0.39, 0.29) is 32.7 Å². The van der Waals surface area contributed by atoms with Gasteiger partial charge in [-0.1, -0.05) is 0 Å². The molecule has 2 nitrogen and oxygen atoms in total. The molecule has 0 aromatic heterocycles. The Morgan fingerprint density at radius 3 is 1.40 bits per heavy atom. The van der Waals surface area contributed by atoms with Crippen LogP contribution in [-0.2, 0) is 0 Å². The molecule has 0 aliphatic carbocycles. The van der Waals surface area contributed by atoms with Gasteiger partial charge in [0.2, 0.25) is 0 Å². The van der Waals surface area contributed by atoms with Crippen molar-refractivity contribution < 1.29 is 31.4 Å². The van der Waals surface area contributed by atoms with E-state index in [4.69, 9.17) is 32.7 Å². The zero-order valence-corrected chi connectivity index (χ0v) is 29.0. The average molecular weight is 738 g/mol. The third-order valence-electron chi connectivity index (χ3n) is 7.95. The maximum atomic E-state index is 15.4. The van der Waals surface area contributed by atoms with Crippen molar-refractivity contribution in [1.82, 2.24) is 0 Å². The molecule has 42 heavy (non-hydrogen) atoms. The summed E-state index contributed by atoms with van der Waals surface area (Å²) in [4.78, 5) is 0. The second-order valence-electron chi connectivity index (χ2n) is 10.5. The van der Waals surface area contributed by atoms with Crippen LogP contribution in [0.5, 0.6) is 11.5 Å². The van der Waals surface area contributed by atoms with Crippen LogP contribution in [0.3, 0.4) is 0 Å². The van der Waals surface area contributed by atoms with E-state index in [9.17, 15) is 13.2 Å². The number of rotatable bonds is 14. The Labute approximate surface area is 259 Å². The van der Waals surface area contributed by atoms with Crippen LogP contribution in [0.15, 0.2) is 24.3 Å². The van der Waals surface area contributed by atoms with Gasteiger partial charge in [-0.2, -0.15) is 0 Å². The van der Waals surface area contributed by atoms with Gasteiger partial charge >= 0.3 is 261 Å². The van der Waals surface area contributed by atoms with Gasteiger partial charge in [-0.05, 0) is 0 Å². The van der Waals surface area contributed by atoms with Gasteiger partial charge in [0.05, 0.1) is 0 Å². The van der Waals surface area contributed by atoms with Gasteiger partial charge in [-0.3, -0.25) is 0 Å². The zero-order valence-electron chi connectivity index (χ0n) is 24.6. The number of halogens is 7. The molecule has 10 heteroatoms.